The number of hydrogen-bond donors (Lipinski definition) is 0. The van der Waals surface area contributed by atoms with E-state index in [1.54, 1.807) is 30.3 Å². The molecule has 0 N–H and O–H groups in total. The van der Waals surface area contributed by atoms with Crippen LogP contribution in [0.5, 0.6) is 5.75 Å². The largest absolute Gasteiger partial charge is 0.488 e. The highest BCUT2D eigenvalue weighted by Crippen LogP contribution is 2.35. The summed E-state index contributed by atoms with van der Waals surface area (Å²) in [7, 11) is 0. The topological polar surface area (TPSA) is 89.7 Å². The molecule has 4 aromatic carbocycles. The molecule has 0 aromatic heterocycles. The Bertz CT molecular complexity index is 1560. The van der Waals surface area contributed by atoms with E-state index in [-0.39, 0.29) is 30.0 Å². The fraction of sp³-hybridized carbons (Fsp3) is 0.0714. The number of halogens is 1. The van der Waals surface area contributed by atoms with Gasteiger partial charge in [-0.2, -0.15) is 0 Å². The summed E-state index contributed by atoms with van der Waals surface area (Å²) < 4.78 is 6.51. The van der Waals surface area contributed by atoms with E-state index in [1.807, 2.05) is 48.5 Å². The number of nitro groups is 1. The molecule has 4 aromatic rings. The van der Waals surface area contributed by atoms with E-state index in [2.05, 4.69) is 15.9 Å². The monoisotopic (exact) mass is 574 g/mol. The molecule has 0 unspecified atom stereocenters. The Kier molecular flexibility index (Phi) is 7.07. The third-order valence-corrected chi connectivity index (χ3v) is 7.40. The first kappa shape index (κ1) is 24.7. The van der Waals surface area contributed by atoms with Gasteiger partial charge in [-0.25, -0.2) is 0 Å². The van der Waals surface area contributed by atoms with E-state index < -0.39 is 4.92 Å². The standard InChI is InChI=1S/C28H19BrN2O5S/c29-24-14-19(10-13-25(24)36-17-18-8-11-22(12-9-18)31(34)35)15-26-27(32)30(28(33)37-26)16-21-6-3-5-20-4-1-2-7-23(20)21/h1-15H,16-17H2/b26-15+. The molecule has 9 heteroatoms. The van der Waals surface area contributed by atoms with Gasteiger partial charge in [0.1, 0.15) is 12.4 Å². The van der Waals surface area contributed by atoms with Crippen LogP contribution in [-0.4, -0.2) is 21.0 Å². The number of nitro benzene ring substituents is 1. The minimum Gasteiger partial charge on any atom is -0.488 e. The van der Waals surface area contributed by atoms with Crippen molar-refractivity contribution in [2.75, 3.05) is 0 Å². The van der Waals surface area contributed by atoms with Crippen LogP contribution in [0.25, 0.3) is 16.8 Å². The predicted octanol–water partition coefficient (Wildman–Crippen LogP) is 7.33. The Labute approximate surface area is 225 Å². The summed E-state index contributed by atoms with van der Waals surface area (Å²) in [6.45, 7) is 0.450. The van der Waals surface area contributed by atoms with Gasteiger partial charge in [0.15, 0.2) is 0 Å². The lowest BCUT2D eigenvalue weighted by Gasteiger charge is -2.14. The van der Waals surface area contributed by atoms with Gasteiger partial charge in [0, 0.05) is 12.1 Å². The van der Waals surface area contributed by atoms with Gasteiger partial charge in [-0.15, -0.1) is 0 Å². The number of carbonyl (C=O) groups is 2. The first-order chi connectivity index (χ1) is 17.9. The quantitative estimate of drug-likeness (QED) is 0.130. The average Bonchev–Trinajstić information content (AvgIpc) is 3.16. The highest BCUT2D eigenvalue weighted by molar-refractivity contribution is 9.10. The average molecular weight is 575 g/mol. The zero-order valence-corrected chi connectivity index (χ0v) is 21.7. The van der Waals surface area contributed by atoms with E-state index >= 15 is 0 Å². The number of non-ortho nitro benzene ring substituents is 1. The number of benzene rings is 4. The zero-order chi connectivity index (χ0) is 25.9. The highest BCUT2D eigenvalue weighted by atomic mass is 79.9. The number of imide groups is 1. The lowest BCUT2D eigenvalue weighted by atomic mass is 10.0. The molecule has 0 radical (unpaired) electrons. The summed E-state index contributed by atoms with van der Waals surface area (Å²) in [4.78, 5) is 37.7. The van der Waals surface area contributed by atoms with Crippen molar-refractivity contribution in [3.05, 3.63) is 121 Å². The number of nitrogens with zero attached hydrogens (tertiary/aromatic N) is 2. The number of fused-ring (bicyclic) bond motifs is 1. The summed E-state index contributed by atoms with van der Waals surface area (Å²) >= 11 is 4.42. The Hall–Kier alpha value is -3.95. The fourth-order valence-corrected chi connectivity index (χ4v) is 5.34. The molecule has 7 nitrogen and oxygen atoms in total. The van der Waals surface area contributed by atoms with Gasteiger partial charge in [0.25, 0.3) is 16.8 Å². The Morgan fingerprint density at radius 3 is 2.49 bits per heavy atom. The van der Waals surface area contributed by atoms with Crippen LogP contribution >= 0.6 is 27.7 Å². The maximum atomic E-state index is 13.1. The zero-order valence-electron chi connectivity index (χ0n) is 19.3. The van der Waals surface area contributed by atoms with Crippen LogP contribution in [0.1, 0.15) is 16.7 Å². The van der Waals surface area contributed by atoms with Crippen molar-refractivity contribution in [1.82, 2.24) is 4.90 Å². The van der Waals surface area contributed by atoms with E-state index in [9.17, 15) is 19.7 Å². The first-order valence-electron chi connectivity index (χ1n) is 11.3. The maximum absolute atomic E-state index is 13.1. The van der Waals surface area contributed by atoms with Gasteiger partial charge in [-0.1, -0.05) is 48.5 Å². The number of thioether (sulfide) groups is 1. The van der Waals surface area contributed by atoms with Crippen molar-refractivity contribution in [3.8, 4) is 5.75 Å². The van der Waals surface area contributed by atoms with Crippen LogP contribution in [0.4, 0.5) is 10.5 Å². The maximum Gasteiger partial charge on any atom is 0.293 e. The first-order valence-corrected chi connectivity index (χ1v) is 12.9. The Morgan fingerprint density at radius 1 is 0.973 bits per heavy atom. The third-order valence-electron chi connectivity index (χ3n) is 5.88. The van der Waals surface area contributed by atoms with Crippen LogP contribution in [-0.2, 0) is 17.9 Å². The summed E-state index contributed by atoms with van der Waals surface area (Å²) in [5, 5.41) is 12.6. The molecule has 0 saturated carbocycles. The lowest BCUT2D eigenvalue weighted by molar-refractivity contribution is -0.384. The highest BCUT2D eigenvalue weighted by Gasteiger charge is 2.35. The van der Waals surface area contributed by atoms with Crippen LogP contribution < -0.4 is 4.74 Å². The molecule has 1 aliphatic heterocycles. The van der Waals surface area contributed by atoms with Gasteiger partial charge >= 0.3 is 0 Å². The summed E-state index contributed by atoms with van der Waals surface area (Å²) in [6, 6.07) is 25.3. The number of rotatable bonds is 7. The molecule has 5 rings (SSSR count). The molecule has 1 fully saturated rings. The molecule has 2 amide bonds. The van der Waals surface area contributed by atoms with Crippen molar-refractivity contribution < 1.29 is 19.2 Å². The van der Waals surface area contributed by atoms with Crippen LogP contribution in [0, 0.1) is 10.1 Å². The smallest absolute Gasteiger partial charge is 0.293 e. The normalized spacial score (nSPS) is 14.5. The Balaban J connectivity index is 1.28. The number of amides is 2. The van der Waals surface area contributed by atoms with E-state index in [1.165, 1.54) is 17.0 Å². The van der Waals surface area contributed by atoms with Crippen molar-refractivity contribution >= 4 is 61.4 Å². The molecule has 1 heterocycles. The number of ether oxygens (including phenoxy) is 1. The van der Waals surface area contributed by atoms with E-state index in [0.29, 0.717) is 15.1 Å². The van der Waals surface area contributed by atoms with E-state index in [0.717, 1.165) is 39.2 Å². The summed E-state index contributed by atoms with van der Waals surface area (Å²) in [5.74, 6) is 0.261. The Morgan fingerprint density at radius 2 is 1.73 bits per heavy atom. The van der Waals surface area contributed by atoms with Crippen molar-refractivity contribution in [1.29, 1.82) is 0 Å². The van der Waals surface area contributed by atoms with Crippen molar-refractivity contribution in [2.45, 2.75) is 13.2 Å². The molecular weight excluding hydrogens is 556 g/mol. The van der Waals surface area contributed by atoms with Gasteiger partial charge < -0.3 is 4.74 Å². The van der Waals surface area contributed by atoms with Gasteiger partial charge in [-0.05, 0) is 85.5 Å². The SMILES string of the molecule is O=C1S/C(=C/c2ccc(OCc3ccc([N+](=O)[O-])cc3)c(Br)c2)C(=O)N1Cc1cccc2ccccc12. The minimum absolute atomic E-state index is 0.0239. The molecule has 0 spiro atoms. The number of carbonyl (C=O) groups excluding carboxylic acids is 2. The minimum atomic E-state index is -0.446. The molecule has 37 heavy (non-hydrogen) atoms. The third kappa shape index (κ3) is 5.42. The van der Waals surface area contributed by atoms with E-state index in [4.69, 9.17) is 4.74 Å². The van der Waals surface area contributed by atoms with Gasteiger partial charge in [0.05, 0.1) is 20.8 Å². The molecule has 0 aliphatic carbocycles. The van der Waals surface area contributed by atoms with Crippen LogP contribution in [0.3, 0.4) is 0 Å². The predicted molar refractivity (Wildman–Crippen MR) is 147 cm³/mol. The molecule has 1 aliphatic rings. The number of hydrogen-bond acceptors (Lipinski definition) is 6. The van der Waals surface area contributed by atoms with Crippen molar-refractivity contribution in [3.63, 3.8) is 0 Å². The lowest BCUT2D eigenvalue weighted by Crippen LogP contribution is -2.27. The molecule has 0 atom stereocenters. The molecular formula is C28H19BrN2O5S. The molecule has 184 valence electrons. The van der Waals surface area contributed by atoms with Gasteiger partial charge in [0.2, 0.25) is 0 Å². The second-order valence-electron chi connectivity index (χ2n) is 8.31. The van der Waals surface area contributed by atoms with Crippen molar-refractivity contribution in [2.24, 2.45) is 0 Å². The summed E-state index contributed by atoms with van der Waals surface area (Å²) in [6.07, 6.45) is 1.69. The molecule has 0 bridgehead atoms. The fourth-order valence-electron chi connectivity index (χ4n) is 3.99. The van der Waals surface area contributed by atoms with Gasteiger partial charge in [-0.3, -0.25) is 24.6 Å². The molecule has 1 saturated heterocycles. The van der Waals surface area contributed by atoms with Crippen LogP contribution in [0.15, 0.2) is 94.3 Å². The second-order valence-corrected chi connectivity index (χ2v) is 10.2. The van der Waals surface area contributed by atoms with Crippen LogP contribution in [0.2, 0.25) is 0 Å². The summed E-state index contributed by atoms with van der Waals surface area (Å²) in [5.41, 5.74) is 2.47. The second kappa shape index (κ2) is 10.6.